The zero-order valence-corrected chi connectivity index (χ0v) is 8.53. The Labute approximate surface area is 82.6 Å². The van der Waals surface area contributed by atoms with Gasteiger partial charge in [0.05, 0.1) is 12.5 Å². The third kappa shape index (κ3) is 1.95. The Kier molecular flexibility index (Phi) is 2.64. The van der Waals surface area contributed by atoms with E-state index in [9.17, 15) is 9.59 Å². The number of cyclic esters (lactones) is 1. The maximum atomic E-state index is 11.3. The molecule has 78 valence electrons. The summed E-state index contributed by atoms with van der Waals surface area (Å²) in [6.07, 6.45) is 1.47. The highest BCUT2D eigenvalue weighted by molar-refractivity contribution is 5.88. The Morgan fingerprint density at radius 1 is 1.64 bits per heavy atom. The van der Waals surface area contributed by atoms with Crippen LogP contribution >= 0.6 is 0 Å². The summed E-state index contributed by atoms with van der Waals surface area (Å²) in [5.41, 5.74) is -0.129. The van der Waals surface area contributed by atoms with Crippen LogP contribution in [-0.2, 0) is 14.3 Å². The highest BCUT2D eigenvalue weighted by atomic mass is 16.5. The van der Waals surface area contributed by atoms with E-state index in [1.165, 1.54) is 13.0 Å². The van der Waals surface area contributed by atoms with Gasteiger partial charge in [0.2, 0.25) is 0 Å². The van der Waals surface area contributed by atoms with Crippen LogP contribution < -0.4 is 0 Å². The normalized spacial score (nSPS) is 26.1. The van der Waals surface area contributed by atoms with Crippen molar-refractivity contribution in [1.29, 1.82) is 0 Å². The van der Waals surface area contributed by atoms with Gasteiger partial charge in [-0.15, -0.1) is 0 Å². The van der Waals surface area contributed by atoms with Crippen LogP contribution in [0.3, 0.4) is 0 Å². The van der Waals surface area contributed by atoms with Crippen molar-refractivity contribution in [3.8, 4) is 0 Å². The number of hydrogen-bond acceptors (Lipinski definition) is 3. The van der Waals surface area contributed by atoms with E-state index in [0.717, 1.165) is 0 Å². The minimum atomic E-state index is -1.000. The Bertz CT molecular complexity index is 301. The van der Waals surface area contributed by atoms with Gasteiger partial charge in [0.15, 0.2) is 0 Å². The van der Waals surface area contributed by atoms with Crippen molar-refractivity contribution in [3.05, 3.63) is 11.6 Å². The molecule has 0 bridgehead atoms. The van der Waals surface area contributed by atoms with Gasteiger partial charge < -0.3 is 9.84 Å². The van der Waals surface area contributed by atoms with E-state index >= 15 is 0 Å². The topological polar surface area (TPSA) is 63.6 Å². The zero-order chi connectivity index (χ0) is 10.9. The lowest BCUT2D eigenvalue weighted by atomic mass is 9.81. The summed E-state index contributed by atoms with van der Waals surface area (Å²) in [6, 6.07) is 0. The molecular formula is C10H14O4. The zero-order valence-electron chi connectivity index (χ0n) is 8.53. The summed E-state index contributed by atoms with van der Waals surface area (Å²) >= 11 is 0. The summed E-state index contributed by atoms with van der Waals surface area (Å²) in [6.45, 7) is 5.59. The lowest BCUT2D eigenvalue weighted by Crippen LogP contribution is -2.23. The molecule has 0 aliphatic carbocycles. The first-order valence-corrected chi connectivity index (χ1v) is 4.43. The van der Waals surface area contributed by atoms with Crippen molar-refractivity contribution in [1.82, 2.24) is 0 Å². The van der Waals surface area contributed by atoms with E-state index in [4.69, 9.17) is 9.84 Å². The molecule has 0 aromatic carbocycles. The van der Waals surface area contributed by atoms with Crippen molar-refractivity contribution in [2.24, 2.45) is 11.3 Å². The minimum absolute atomic E-state index is 0.182. The van der Waals surface area contributed by atoms with Gasteiger partial charge in [0, 0.05) is 11.0 Å². The summed E-state index contributed by atoms with van der Waals surface area (Å²) in [5.74, 6) is -1.78. The van der Waals surface area contributed by atoms with Crippen LogP contribution in [0.4, 0.5) is 0 Å². The number of carbonyl (C=O) groups excluding carboxylic acids is 1. The van der Waals surface area contributed by atoms with Crippen LogP contribution in [0.1, 0.15) is 20.8 Å². The fraction of sp³-hybridized carbons (Fsp3) is 0.600. The second-order valence-electron chi connectivity index (χ2n) is 4.23. The van der Waals surface area contributed by atoms with Gasteiger partial charge in [0.25, 0.3) is 0 Å². The summed E-state index contributed by atoms with van der Waals surface area (Å²) < 4.78 is 4.88. The smallest absolute Gasteiger partial charge is 0.330 e. The lowest BCUT2D eigenvalue weighted by Gasteiger charge is -2.18. The van der Waals surface area contributed by atoms with E-state index in [1.807, 2.05) is 13.8 Å². The molecule has 1 heterocycles. The van der Waals surface area contributed by atoms with Gasteiger partial charge in [-0.2, -0.15) is 0 Å². The highest BCUT2D eigenvalue weighted by Gasteiger charge is 2.42. The standard InChI is InChI=1S/C10H14O4/c1-6(8(11)12)4-7-9(13)14-5-10(7,2)3/h4,7H,5H2,1-3H3,(H,11,12). The molecule has 14 heavy (non-hydrogen) atoms. The Balaban J connectivity index is 2.92. The third-order valence-corrected chi connectivity index (χ3v) is 2.44. The molecule has 1 saturated heterocycles. The van der Waals surface area contributed by atoms with Crippen LogP contribution in [-0.4, -0.2) is 23.7 Å². The number of esters is 1. The van der Waals surface area contributed by atoms with Crippen LogP contribution in [0.25, 0.3) is 0 Å². The van der Waals surface area contributed by atoms with E-state index in [0.29, 0.717) is 6.61 Å². The largest absolute Gasteiger partial charge is 0.478 e. The van der Waals surface area contributed by atoms with Crippen LogP contribution in [0.2, 0.25) is 0 Å². The van der Waals surface area contributed by atoms with E-state index in [-0.39, 0.29) is 17.0 Å². The molecule has 1 aliphatic heterocycles. The first-order valence-electron chi connectivity index (χ1n) is 4.43. The molecule has 0 saturated carbocycles. The molecule has 0 amide bonds. The first-order chi connectivity index (χ1) is 6.34. The van der Waals surface area contributed by atoms with Gasteiger partial charge >= 0.3 is 11.9 Å². The van der Waals surface area contributed by atoms with Crippen LogP contribution in [0.15, 0.2) is 11.6 Å². The Morgan fingerprint density at radius 2 is 2.21 bits per heavy atom. The Hall–Kier alpha value is -1.32. The van der Waals surface area contributed by atoms with Crippen LogP contribution in [0, 0.1) is 11.3 Å². The van der Waals surface area contributed by atoms with E-state index in [1.54, 1.807) is 0 Å². The van der Waals surface area contributed by atoms with Gasteiger partial charge in [-0.1, -0.05) is 19.9 Å². The fourth-order valence-electron chi connectivity index (χ4n) is 1.37. The Morgan fingerprint density at radius 3 is 2.57 bits per heavy atom. The fourth-order valence-corrected chi connectivity index (χ4v) is 1.37. The molecule has 4 heteroatoms. The molecule has 0 aromatic heterocycles. The second kappa shape index (κ2) is 3.44. The molecular weight excluding hydrogens is 184 g/mol. The molecule has 0 radical (unpaired) electrons. The van der Waals surface area contributed by atoms with Crippen molar-refractivity contribution < 1.29 is 19.4 Å². The molecule has 0 aromatic rings. The summed E-state index contributed by atoms with van der Waals surface area (Å²) in [7, 11) is 0. The van der Waals surface area contributed by atoms with Crippen molar-refractivity contribution in [2.75, 3.05) is 6.61 Å². The maximum absolute atomic E-state index is 11.3. The number of carbonyl (C=O) groups is 2. The summed E-state index contributed by atoms with van der Waals surface area (Å²) in [5, 5.41) is 8.68. The quantitative estimate of drug-likeness (QED) is 0.535. The predicted molar refractivity (Wildman–Crippen MR) is 49.6 cm³/mol. The average Bonchev–Trinajstić information content (AvgIpc) is 2.31. The monoisotopic (exact) mass is 198 g/mol. The van der Waals surface area contributed by atoms with Crippen LogP contribution in [0.5, 0.6) is 0 Å². The minimum Gasteiger partial charge on any atom is -0.478 e. The van der Waals surface area contributed by atoms with Gasteiger partial charge in [0.1, 0.15) is 0 Å². The number of hydrogen-bond donors (Lipinski definition) is 1. The molecule has 1 N–H and O–H groups in total. The van der Waals surface area contributed by atoms with Gasteiger partial charge in [-0.3, -0.25) is 4.79 Å². The summed E-state index contributed by atoms with van der Waals surface area (Å²) in [4.78, 5) is 21.9. The van der Waals surface area contributed by atoms with Gasteiger partial charge in [-0.25, -0.2) is 4.79 Å². The molecule has 1 aliphatic rings. The first kappa shape index (κ1) is 10.8. The van der Waals surface area contributed by atoms with Crippen molar-refractivity contribution >= 4 is 11.9 Å². The molecule has 4 nitrogen and oxygen atoms in total. The van der Waals surface area contributed by atoms with Gasteiger partial charge in [-0.05, 0) is 6.92 Å². The number of ether oxygens (including phenoxy) is 1. The van der Waals surface area contributed by atoms with Crippen molar-refractivity contribution in [3.63, 3.8) is 0 Å². The predicted octanol–water partition coefficient (Wildman–Crippen LogP) is 1.22. The molecule has 1 fully saturated rings. The molecule has 0 spiro atoms. The number of rotatable bonds is 2. The third-order valence-electron chi connectivity index (χ3n) is 2.44. The number of carboxylic acids is 1. The SMILES string of the molecule is CC(=CC1C(=O)OCC1(C)C)C(=O)O. The molecule has 1 unspecified atom stereocenters. The second-order valence-corrected chi connectivity index (χ2v) is 4.23. The number of aliphatic carboxylic acids is 1. The van der Waals surface area contributed by atoms with E-state index < -0.39 is 11.9 Å². The highest BCUT2D eigenvalue weighted by Crippen LogP contribution is 2.35. The molecule has 1 rings (SSSR count). The van der Waals surface area contributed by atoms with E-state index in [2.05, 4.69) is 0 Å². The maximum Gasteiger partial charge on any atom is 0.330 e. The lowest BCUT2D eigenvalue weighted by molar-refractivity contribution is -0.140. The molecule has 1 atom stereocenters. The van der Waals surface area contributed by atoms with Crippen molar-refractivity contribution in [2.45, 2.75) is 20.8 Å². The number of carboxylic acid groups (broad SMARTS) is 1. The average molecular weight is 198 g/mol.